The Morgan fingerprint density at radius 3 is 2.95 bits per heavy atom. The Kier molecular flexibility index (Phi) is 3.33. The van der Waals surface area contributed by atoms with E-state index in [1.165, 1.54) is 0 Å². The molecule has 1 unspecified atom stereocenters. The lowest BCUT2D eigenvalue weighted by Crippen LogP contribution is -2.05. The van der Waals surface area contributed by atoms with Gasteiger partial charge in [0, 0.05) is 10.5 Å². The van der Waals surface area contributed by atoms with Crippen LogP contribution in [0, 0.1) is 0 Å². The highest BCUT2D eigenvalue weighted by Gasteiger charge is 2.16. The molecule has 0 amide bonds. The van der Waals surface area contributed by atoms with Crippen molar-refractivity contribution in [2.24, 2.45) is 0 Å². The standard InChI is InChI=1S/C13H11BrClN3O/c1-8(15)13-17-11-6-9(14)2-3-12(11)18(13)7-10-4-5-16-19-10/h2-6,8H,7H2,1H3. The molecule has 0 bridgehead atoms. The Morgan fingerprint density at radius 2 is 2.26 bits per heavy atom. The predicted molar refractivity (Wildman–Crippen MR) is 77.3 cm³/mol. The van der Waals surface area contributed by atoms with Gasteiger partial charge in [0.2, 0.25) is 0 Å². The van der Waals surface area contributed by atoms with E-state index in [-0.39, 0.29) is 5.38 Å². The summed E-state index contributed by atoms with van der Waals surface area (Å²) in [6.07, 6.45) is 1.63. The van der Waals surface area contributed by atoms with Crippen molar-refractivity contribution >= 4 is 38.6 Å². The zero-order valence-corrected chi connectivity index (χ0v) is 12.5. The molecule has 3 rings (SSSR count). The maximum atomic E-state index is 6.22. The molecule has 0 N–H and O–H groups in total. The summed E-state index contributed by atoms with van der Waals surface area (Å²) in [5.74, 6) is 1.60. The number of hydrogen-bond acceptors (Lipinski definition) is 3. The molecule has 0 spiro atoms. The van der Waals surface area contributed by atoms with Crippen LogP contribution in [0.15, 0.2) is 39.5 Å². The maximum Gasteiger partial charge on any atom is 0.156 e. The van der Waals surface area contributed by atoms with Crippen molar-refractivity contribution in [2.45, 2.75) is 18.8 Å². The first-order chi connectivity index (χ1) is 9.15. The predicted octanol–water partition coefficient (Wildman–Crippen LogP) is 4.13. The van der Waals surface area contributed by atoms with Crippen molar-refractivity contribution < 1.29 is 4.52 Å². The van der Waals surface area contributed by atoms with Crippen molar-refractivity contribution in [3.8, 4) is 0 Å². The van der Waals surface area contributed by atoms with Crippen LogP contribution in [-0.2, 0) is 6.54 Å². The molecule has 4 nitrogen and oxygen atoms in total. The number of imidazole rings is 1. The zero-order chi connectivity index (χ0) is 13.4. The van der Waals surface area contributed by atoms with E-state index < -0.39 is 0 Å². The molecule has 6 heteroatoms. The molecule has 2 heterocycles. The van der Waals surface area contributed by atoms with Gasteiger partial charge in [0.15, 0.2) is 5.76 Å². The first kappa shape index (κ1) is 12.7. The van der Waals surface area contributed by atoms with Gasteiger partial charge in [-0.1, -0.05) is 21.1 Å². The third-order valence-electron chi connectivity index (χ3n) is 2.90. The summed E-state index contributed by atoms with van der Waals surface area (Å²) in [7, 11) is 0. The highest BCUT2D eigenvalue weighted by atomic mass is 79.9. The van der Waals surface area contributed by atoms with Crippen molar-refractivity contribution in [3.05, 3.63) is 46.5 Å². The summed E-state index contributed by atoms with van der Waals surface area (Å²) in [6, 6.07) is 7.83. The molecular weight excluding hydrogens is 330 g/mol. The molecule has 0 aliphatic carbocycles. The molecule has 3 aromatic rings. The van der Waals surface area contributed by atoms with E-state index in [9.17, 15) is 0 Å². The Morgan fingerprint density at radius 1 is 1.42 bits per heavy atom. The highest BCUT2D eigenvalue weighted by Crippen LogP contribution is 2.27. The summed E-state index contributed by atoms with van der Waals surface area (Å²) in [6.45, 7) is 2.49. The first-order valence-electron chi connectivity index (χ1n) is 5.84. The second-order valence-corrected chi connectivity index (χ2v) is 5.85. The lowest BCUT2D eigenvalue weighted by Gasteiger charge is -2.08. The fourth-order valence-electron chi connectivity index (χ4n) is 2.07. The van der Waals surface area contributed by atoms with Gasteiger partial charge >= 0.3 is 0 Å². The van der Waals surface area contributed by atoms with Crippen LogP contribution < -0.4 is 0 Å². The maximum absolute atomic E-state index is 6.22. The van der Waals surface area contributed by atoms with Crippen LogP contribution >= 0.6 is 27.5 Å². The number of nitrogens with zero attached hydrogens (tertiary/aromatic N) is 3. The zero-order valence-electron chi connectivity index (χ0n) is 10.2. The SMILES string of the molecule is CC(Cl)c1nc2cc(Br)ccc2n1Cc1ccno1. The van der Waals surface area contributed by atoms with Crippen molar-refractivity contribution in [1.82, 2.24) is 14.7 Å². The smallest absolute Gasteiger partial charge is 0.156 e. The fraction of sp³-hybridized carbons (Fsp3) is 0.231. The normalized spacial score (nSPS) is 13.0. The molecule has 0 fully saturated rings. The van der Waals surface area contributed by atoms with Gasteiger partial charge in [-0.15, -0.1) is 11.6 Å². The van der Waals surface area contributed by atoms with Crippen LogP contribution in [-0.4, -0.2) is 14.7 Å². The van der Waals surface area contributed by atoms with Gasteiger partial charge < -0.3 is 9.09 Å². The number of hydrogen-bond donors (Lipinski definition) is 0. The average Bonchev–Trinajstić information content (AvgIpc) is 2.97. The van der Waals surface area contributed by atoms with E-state index in [1.54, 1.807) is 6.20 Å². The van der Waals surface area contributed by atoms with Crippen LogP contribution in [0.3, 0.4) is 0 Å². The minimum absolute atomic E-state index is 0.172. The number of alkyl halides is 1. The minimum atomic E-state index is -0.172. The number of halogens is 2. The minimum Gasteiger partial charge on any atom is -0.359 e. The van der Waals surface area contributed by atoms with Crippen molar-refractivity contribution in [3.63, 3.8) is 0 Å². The third-order valence-corrected chi connectivity index (χ3v) is 3.59. The summed E-state index contributed by atoms with van der Waals surface area (Å²) < 4.78 is 8.22. The van der Waals surface area contributed by atoms with E-state index in [0.717, 1.165) is 27.1 Å². The summed E-state index contributed by atoms with van der Waals surface area (Å²) >= 11 is 9.67. The third kappa shape index (κ3) is 2.40. The monoisotopic (exact) mass is 339 g/mol. The quantitative estimate of drug-likeness (QED) is 0.673. The van der Waals surface area contributed by atoms with Crippen LogP contribution in [0.4, 0.5) is 0 Å². The average molecular weight is 341 g/mol. The van der Waals surface area contributed by atoms with Gasteiger partial charge in [-0.25, -0.2) is 4.98 Å². The molecule has 19 heavy (non-hydrogen) atoms. The van der Waals surface area contributed by atoms with Gasteiger partial charge in [0.05, 0.1) is 29.2 Å². The molecule has 0 aliphatic rings. The largest absolute Gasteiger partial charge is 0.359 e. The van der Waals surface area contributed by atoms with Gasteiger partial charge in [-0.05, 0) is 25.1 Å². The lowest BCUT2D eigenvalue weighted by atomic mass is 10.3. The molecular formula is C13H11BrClN3O. The Hall–Kier alpha value is -1.33. The fourth-order valence-corrected chi connectivity index (χ4v) is 2.59. The van der Waals surface area contributed by atoms with E-state index in [1.807, 2.05) is 31.2 Å². The number of aromatic nitrogens is 3. The van der Waals surface area contributed by atoms with Crippen LogP contribution in [0.2, 0.25) is 0 Å². The first-order valence-corrected chi connectivity index (χ1v) is 7.07. The van der Waals surface area contributed by atoms with E-state index in [2.05, 4.69) is 30.6 Å². The van der Waals surface area contributed by atoms with Gasteiger partial charge in [-0.3, -0.25) is 0 Å². The number of benzene rings is 1. The molecule has 98 valence electrons. The van der Waals surface area contributed by atoms with Crippen molar-refractivity contribution in [1.29, 1.82) is 0 Å². The topological polar surface area (TPSA) is 43.9 Å². The van der Waals surface area contributed by atoms with E-state index in [4.69, 9.17) is 16.1 Å². The van der Waals surface area contributed by atoms with Crippen LogP contribution in [0.5, 0.6) is 0 Å². The van der Waals surface area contributed by atoms with Gasteiger partial charge in [0.25, 0.3) is 0 Å². The molecule has 0 saturated carbocycles. The number of rotatable bonds is 3. The van der Waals surface area contributed by atoms with Crippen LogP contribution in [0.25, 0.3) is 11.0 Å². The second kappa shape index (κ2) is 4.98. The summed E-state index contributed by atoms with van der Waals surface area (Å²) in [4.78, 5) is 4.59. The van der Waals surface area contributed by atoms with Crippen LogP contribution in [0.1, 0.15) is 23.9 Å². The lowest BCUT2D eigenvalue weighted by molar-refractivity contribution is 0.376. The molecule has 0 aliphatic heterocycles. The molecule has 1 aromatic carbocycles. The Balaban J connectivity index is 2.16. The van der Waals surface area contributed by atoms with Gasteiger partial charge in [0.1, 0.15) is 5.82 Å². The summed E-state index contributed by atoms with van der Waals surface area (Å²) in [5.41, 5.74) is 1.94. The van der Waals surface area contributed by atoms with Crippen molar-refractivity contribution in [2.75, 3.05) is 0 Å². The molecule has 0 radical (unpaired) electrons. The number of fused-ring (bicyclic) bond motifs is 1. The van der Waals surface area contributed by atoms with E-state index in [0.29, 0.717) is 6.54 Å². The summed E-state index contributed by atoms with van der Waals surface area (Å²) in [5, 5.41) is 3.55. The Labute approximate surface area is 123 Å². The molecule has 0 saturated heterocycles. The second-order valence-electron chi connectivity index (χ2n) is 4.28. The molecule has 2 aromatic heterocycles. The van der Waals surface area contributed by atoms with Gasteiger partial charge in [-0.2, -0.15) is 0 Å². The van der Waals surface area contributed by atoms with E-state index >= 15 is 0 Å². The Bertz CT molecular complexity index is 706. The highest BCUT2D eigenvalue weighted by molar-refractivity contribution is 9.10. The molecule has 1 atom stereocenters.